The van der Waals surface area contributed by atoms with E-state index in [4.69, 9.17) is 11.5 Å². The van der Waals surface area contributed by atoms with Gasteiger partial charge in [-0.15, -0.1) is 0 Å². The van der Waals surface area contributed by atoms with Crippen molar-refractivity contribution in [2.75, 3.05) is 5.73 Å². The molecule has 1 amide bonds. The maximum Gasteiger partial charge on any atom is 0.434 e. The molecule has 1 rings (SSSR count). The van der Waals surface area contributed by atoms with E-state index in [1.165, 1.54) is 0 Å². The second-order valence-electron chi connectivity index (χ2n) is 3.70. The van der Waals surface area contributed by atoms with Gasteiger partial charge in [-0.1, -0.05) is 0 Å². The van der Waals surface area contributed by atoms with Crippen molar-refractivity contribution in [3.63, 3.8) is 0 Å². The van der Waals surface area contributed by atoms with Crippen molar-refractivity contribution in [1.29, 1.82) is 0 Å². The second kappa shape index (κ2) is 5.10. The Morgan fingerprint density at radius 3 is 2.00 bits per heavy atom. The van der Waals surface area contributed by atoms with Crippen LogP contribution in [0.15, 0.2) is 18.2 Å². The Balaban J connectivity index is 3.22. The van der Waals surface area contributed by atoms with Crippen molar-refractivity contribution in [3.05, 3.63) is 23.8 Å². The van der Waals surface area contributed by atoms with Crippen molar-refractivity contribution in [2.45, 2.75) is 18.5 Å². The van der Waals surface area contributed by atoms with Gasteiger partial charge in [-0.05, 0) is 18.2 Å². The van der Waals surface area contributed by atoms with E-state index in [1.54, 1.807) is 0 Å². The average Bonchev–Trinajstić information content (AvgIpc) is 2.23. The summed E-state index contributed by atoms with van der Waals surface area (Å²) in [6, 6.07) is 2.51. The Bertz CT molecular complexity index is 497. The van der Waals surface area contributed by atoms with E-state index in [0.717, 1.165) is 12.1 Å². The quantitative estimate of drug-likeness (QED) is 0.664. The Hall–Kier alpha value is -2.13. The van der Waals surface area contributed by atoms with Crippen LogP contribution in [0.2, 0.25) is 0 Å². The van der Waals surface area contributed by atoms with Gasteiger partial charge in [-0.2, -0.15) is 26.3 Å². The van der Waals surface area contributed by atoms with E-state index in [2.05, 4.69) is 4.74 Å². The highest BCUT2D eigenvalue weighted by atomic mass is 19.4. The lowest BCUT2D eigenvalue weighted by atomic mass is 10.1. The van der Waals surface area contributed by atoms with E-state index in [9.17, 15) is 31.1 Å². The van der Waals surface area contributed by atoms with Crippen molar-refractivity contribution in [1.82, 2.24) is 0 Å². The minimum absolute atomic E-state index is 0.0679. The molecular formula is C10H8F6N2O2. The lowest BCUT2D eigenvalue weighted by molar-refractivity contribution is -0.299. The first-order valence-electron chi connectivity index (χ1n) is 4.92. The highest BCUT2D eigenvalue weighted by Gasteiger charge is 2.59. The molecule has 0 aliphatic heterocycles. The number of nitrogen functional groups attached to an aromatic ring is 1. The molecular weight excluding hydrogens is 294 g/mol. The second-order valence-corrected chi connectivity index (χ2v) is 3.70. The van der Waals surface area contributed by atoms with E-state index in [-0.39, 0.29) is 5.69 Å². The molecule has 0 bridgehead atoms. The smallest absolute Gasteiger partial charge is 0.434 e. The van der Waals surface area contributed by atoms with Crippen LogP contribution in [0.5, 0.6) is 5.75 Å². The number of ether oxygens (including phenoxy) is 1. The highest BCUT2D eigenvalue weighted by molar-refractivity contribution is 5.96. The summed E-state index contributed by atoms with van der Waals surface area (Å²) in [6.45, 7) is 0. The number of amides is 1. The fourth-order valence-electron chi connectivity index (χ4n) is 1.29. The topological polar surface area (TPSA) is 78.3 Å². The SMILES string of the molecule is NC(=O)c1cc(N)ccc1OC(C(F)(F)F)C(F)(F)F. The Kier molecular flexibility index (Phi) is 4.06. The van der Waals surface area contributed by atoms with E-state index >= 15 is 0 Å². The Morgan fingerprint density at radius 2 is 1.60 bits per heavy atom. The molecule has 0 saturated carbocycles. The first kappa shape index (κ1) is 15.9. The van der Waals surface area contributed by atoms with Crippen LogP contribution < -0.4 is 16.2 Å². The first-order chi connectivity index (χ1) is 8.93. The molecule has 0 aliphatic carbocycles. The molecule has 4 nitrogen and oxygen atoms in total. The fraction of sp³-hybridized carbons (Fsp3) is 0.300. The maximum absolute atomic E-state index is 12.3. The van der Waals surface area contributed by atoms with Crippen molar-refractivity contribution in [3.8, 4) is 5.75 Å². The van der Waals surface area contributed by atoms with Crippen molar-refractivity contribution < 1.29 is 35.9 Å². The van der Waals surface area contributed by atoms with Gasteiger partial charge in [0.2, 0.25) is 0 Å². The lowest BCUT2D eigenvalue weighted by Gasteiger charge is -2.24. The van der Waals surface area contributed by atoms with Gasteiger partial charge in [0, 0.05) is 5.69 Å². The van der Waals surface area contributed by atoms with Crippen LogP contribution in [0.3, 0.4) is 0 Å². The number of hydrogen-bond acceptors (Lipinski definition) is 3. The zero-order chi connectivity index (χ0) is 15.7. The molecule has 0 atom stereocenters. The lowest BCUT2D eigenvalue weighted by Crippen LogP contribution is -2.46. The molecule has 0 radical (unpaired) electrons. The molecule has 0 heterocycles. The summed E-state index contributed by atoms with van der Waals surface area (Å²) in [5, 5.41) is 0. The summed E-state index contributed by atoms with van der Waals surface area (Å²) in [4.78, 5) is 11.0. The molecule has 0 aliphatic rings. The third-order valence-corrected chi connectivity index (χ3v) is 2.11. The normalized spacial score (nSPS) is 12.6. The molecule has 1 aromatic carbocycles. The van der Waals surface area contributed by atoms with E-state index < -0.39 is 35.7 Å². The van der Waals surface area contributed by atoms with E-state index in [0.29, 0.717) is 6.07 Å². The standard InChI is InChI=1S/C10H8F6N2O2/c11-9(12,13)8(10(14,15)16)20-6-2-1-4(17)3-5(6)7(18)19/h1-3,8H,17H2,(H2,18,19). The minimum Gasteiger partial charge on any atom is -0.470 e. The zero-order valence-corrected chi connectivity index (χ0v) is 9.55. The molecule has 0 unspecified atom stereocenters. The molecule has 10 heteroatoms. The van der Waals surface area contributed by atoms with Gasteiger partial charge in [0.15, 0.2) is 0 Å². The van der Waals surface area contributed by atoms with E-state index in [1.807, 2.05) is 0 Å². The minimum atomic E-state index is -5.70. The molecule has 0 fully saturated rings. The third-order valence-electron chi connectivity index (χ3n) is 2.11. The fourth-order valence-corrected chi connectivity index (χ4v) is 1.29. The number of anilines is 1. The molecule has 4 N–H and O–H groups in total. The predicted octanol–water partition coefficient (Wildman–Crippen LogP) is 2.24. The van der Waals surface area contributed by atoms with Gasteiger partial charge in [0.25, 0.3) is 12.0 Å². The van der Waals surface area contributed by atoms with Gasteiger partial charge in [0.05, 0.1) is 5.56 Å². The molecule has 112 valence electrons. The van der Waals surface area contributed by atoms with Crippen molar-refractivity contribution in [2.24, 2.45) is 5.73 Å². The number of rotatable bonds is 3. The number of carbonyl (C=O) groups is 1. The largest absolute Gasteiger partial charge is 0.470 e. The van der Waals surface area contributed by atoms with Crippen molar-refractivity contribution >= 4 is 11.6 Å². The summed E-state index contributed by atoms with van der Waals surface area (Å²) < 4.78 is 77.9. The summed E-state index contributed by atoms with van der Waals surface area (Å²) in [5.74, 6) is -2.22. The van der Waals surface area contributed by atoms with Gasteiger partial charge in [-0.3, -0.25) is 4.79 Å². The van der Waals surface area contributed by atoms with Gasteiger partial charge in [-0.25, -0.2) is 0 Å². The van der Waals surface area contributed by atoms with Gasteiger partial charge >= 0.3 is 12.4 Å². The summed E-state index contributed by atoms with van der Waals surface area (Å²) in [6.07, 6.45) is -15.5. The third kappa shape index (κ3) is 3.68. The van der Waals surface area contributed by atoms with Crippen LogP contribution in [-0.4, -0.2) is 24.4 Å². The first-order valence-corrected chi connectivity index (χ1v) is 4.92. The number of carbonyl (C=O) groups excluding carboxylic acids is 1. The molecule has 1 aromatic rings. The Labute approximate surface area is 108 Å². The molecule has 0 saturated heterocycles. The maximum atomic E-state index is 12.3. The van der Waals surface area contributed by atoms with Crippen LogP contribution in [-0.2, 0) is 0 Å². The van der Waals surface area contributed by atoms with Crippen LogP contribution in [0.1, 0.15) is 10.4 Å². The zero-order valence-electron chi connectivity index (χ0n) is 9.55. The number of primary amides is 1. The van der Waals surface area contributed by atoms with Crippen LogP contribution in [0.25, 0.3) is 0 Å². The monoisotopic (exact) mass is 302 g/mol. The molecule has 0 spiro atoms. The highest BCUT2D eigenvalue weighted by Crippen LogP contribution is 2.37. The average molecular weight is 302 g/mol. The predicted molar refractivity (Wildman–Crippen MR) is 55.9 cm³/mol. The van der Waals surface area contributed by atoms with Gasteiger partial charge in [0.1, 0.15) is 5.75 Å². The number of alkyl halides is 6. The molecule has 20 heavy (non-hydrogen) atoms. The molecule has 0 aromatic heterocycles. The summed E-state index contributed by atoms with van der Waals surface area (Å²) >= 11 is 0. The summed E-state index contributed by atoms with van der Waals surface area (Å²) in [5.41, 5.74) is 9.36. The van der Waals surface area contributed by atoms with Crippen LogP contribution in [0, 0.1) is 0 Å². The number of nitrogens with two attached hydrogens (primary N) is 2. The van der Waals surface area contributed by atoms with Gasteiger partial charge < -0.3 is 16.2 Å². The summed E-state index contributed by atoms with van der Waals surface area (Å²) in [7, 11) is 0. The van der Waals surface area contributed by atoms with Crippen LogP contribution in [0.4, 0.5) is 32.0 Å². The number of halogens is 6. The number of hydrogen-bond donors (Lipinski definition) is 2. The number of benzene rings is 1. The van der Waals surface area contributed by atoms with Crippen LogP contribution >= 0.6 is 0 Å². The Morgan fingerprint density at radius 1 is 1.10 bits per heavy atom.